The van der Waals surface area contributed by atoms with Gasteiger partial charge >= 0.3 is 0 Å². The van der Waals surface area contributed by atoms with Crippen LogP contribution in [0.25, 0.3) is 0 Å². The first kappa shape index (κ1) is 18.0. The molecule has 1 fully saturated rings. The van der Waals surface area contributed by atoms with Crippen molar-refractivity contribution in [2.45, 2.75) is 59.3 Å². The van der Waals surface area contributed by atoms with Crippen molar-refractivity contribution in [2.24, 2.45) is 11.8 Å². The van der Waals surface area contributed by atoms with Crippen LogP contribution in [0.1, 0.15) is 57.9 Å². The maximum atomic E-state index is 14.2. The minimum atomic E-state index is -0.959. The lowest BCUT2D eigenvalue weighted by Gasteiger charge is -2.28. The van der Waals surface area contributed by atoms with Crippen molar-refractivity contribution < 1.29 is 18.3 Å². The van der Waals surface area contributed by atoms with E-state index in [2.05, 4.69) is 6.92 Å². The Hall–Kier alpha value is -1.32. The zero-order valence-electron chi connectivity index (χ0n) is 14.5. The van der Waals surface area contributed by atoms with E-state index >= 15 is 0 Å². The molecule has 1 saturated carbocycles. The van der Waals surface area contributed by atoms with Gasteiger partial charge in [-0.3, -0.25) is 0 Å². The minimum Gasteiger partial charge on any atom is -0.491 e. The number of hydrogen-bond donors (Lipinski definition) is 0. The highest BCUT2D eigenvalue weighted by Crippen LogP contribution is 2.34. The Morgan fingerprint density at radius 1 is 1.00 bits per heavy atom. The van der Waals surface area contributed by atoms with Crippen LogP contribution >= 0.6 is 0 Å². The van der Waals surface area contributed by atoms with Gasteiger partial charge in [-0.25, -0.2) is 0 Å². The van der Waals surface area contributed by atoms with Crippen LogP contribution in [0.15, 0.2) is 6.07 Å². The van der Waals surface area contributed by atoms with E-state index in [1.165, 1.54) is 31.7 Å². The zero-order chi connectivity index (χ0) is 16.8. The Morgan fingerprint density at radius 3 is 2.26 bits per heavy atom. The summed E-state index contributed by atoms with van der Waals surface area (Å²) in [5.41, 5.74) is 0.576. The summed E-state index contributed by atoms with van der Waals surface area (Å²) in [5.74, 6) is -0.641. The highest BCUT2D eigenvalue weighted by atomic mass is 19.2. The minimum absolute atomic E-state index is 0.0293. The van der Waals surface area contributed by atoms with E-state index in [1.54, 1.807) is 13.8 Å². The molecular formula is C19H28F2O2. The summed E-state index contributed by atoms with van der Waals surface area (Å²) in [7, 11) is 0. The molecule has 0 spiro atoms. The molecule has 0 saturated heterocycles. The van der Waals surface area contributed by atoms with Crippen molar-refractivity contribution >= 4 is 0 Å². The summed E-state index contributed by atoms with van der Waals surface area (Å²) in [6.45, 7) is 6.45. The van der Waals surface area contributed by atoms with Crippen LogP contribution in [0.4, 0.5) is 8.78 Å². The maximum Gasteiger partial charge on any atom is 0.204 e. The van der Waals surface area contributed by atoms with E-state index in [0.717, 1.165) is 18.8 Å². The molecule has 0 unspecified atom stereocenters. The van der Waals surface area contributed by atoms with Crippen molar-refractivity contribution in [3.63, 3.8) is 0 Å². The topological polar surface area (TPSA) is 18.5 Å². The second-order valence-electron chi connectivity index (χ2n) is 6.57. The summed E-state index contributed by atoms with van der Waals surface area (Å²) in [6.07, 6.45) is 7.21. The van der Waals surface area contributed by atoms with Gasteiger partial charge in [0.15, 0.2) is 11.5 Å². The SMILES string of the molecule is CCCC1CCC(COc2c(C)cc(OCC)c(F)c2F)CC1. The first-order valence-electron chi connectivity index (χ1n) is 8.80. The fourth-order valence-electron chi connectivity index (χ4n) is 3.44. The number of hydrogen-bond acceptors (Lipinski definition) is 2. The zero-order valence-corrected chi connectivity index (χ0v) is 14.5. The first-order chi connectivity index (χ1) is 11.1. The molecule has 0 radical (unpaired) electrons. The van der Waals surface area contributed by atoms with Crippen molar-refractivity contribution in [2.75, 3.05) is 13.2 Å². The van der Waals surface area contributed by atoms with E-state index in [1.807, 2.05) is 0 Å². The van der Waals surface area contributed by atoms with Crippen LogP contribution < -0.4 is 9.47 Å². The average Bonchev–Trinajstić information content (AvgIpc) is 2.54. The fourth-order valence-corrected chi connectivity index (χ4v) is 3.44. The van der Waals surface area contributed by atoms with E-state index < -0.39 is 11.6 Å². The molecule has 0 amide bonds. The van der Waals surface area contributed by atoms with Gasteiger partial charge in [-0.15, -0.1) is 0 Å². The molecule has 4 heteroatoms. The predicted octanol–water partition coefficient (Wildman–Crippen LogP) is 5.66. The van der Waals surface area contributed by atoms with Gasteiger partial charge in [-0.1, -0.05) is 32.6 Å². The predicted molar refractivity (Wildman–Crippen MR) is 88.1 cm³/mol. The van der Waals surface area contributed by atoms with E-state index in [4.69, 9.17) is 9.47 Å². The second-order valence-corrected chi connectivity index (χ2v) is 6.57. The normalized spacial score (nSPS) is 21.3. The Bertz CT molecular complexity index is 509. The van der Waals surface area contributed by atoms with E-state index in [-0.39, 0.29) is 11.5 Å². The lowest BCUT2D eigenvalue weighted by atomic mass is 9.80. The average molecular weight is 326 g/mol. The molecule has 0 N–H and O–H groups in total. The molecule has 0 atom stereocenters. The molecule has 0 bridgehead atoms. The van der Waals surface area contributed by atoms with Gasteiger partial charge in [0, 0.05) is 0 Å². The van der Waals surface area contributed by atoms with Gasteiger partial charge in [-0.2, -0.15) is 8.78 Å². The lowest BCUT2D eigenvalue weighted by molar-refractivity contribution is 0.172. The van der Waals surface area contributed by atoms with Gasteiger partial charge in [0.1, 0.15) is 0 Å². The number of ether oxygens (including phenoxy) is 2. The van der Waals surface area contributed by atoms with Crippen LogP contribution in [0.2, 0.25) is 0 Å². The number of benzene rings is 1. The van der Waals surface area contributed by atoms with Crippen molar-refractivity contribution in [1.82, 2.24) is 0 Å². The smallest absolute Gasteiger partial charge is 0.204 e. The third-order valence-electron chi connectivity index (χ3n) is 4.74. The maximum absolute atomic E-state index is 14.2. The Balaban J connectivity index is 1.95. The quantitative estimate of drug-likeness (QED) is 0.644. The molecule has 2 rings (SSSR count). The van der Waals surface area contributed by atoms with Crippen LogP contribution in [0, 0.1) is 30.4 Å². The first-order valence-corrected chi connectivity index (χ1v) is 8.80. The van der Waals surface area contributed by atoms with Crippen LogP contribution in [-0.2, 0) is 0 Å². The summed E-state index contributed by atoms with van der Waals surface area (Å²) >= 11 is 0. The molecule has 2 nitrogen and oxygen atoms in total. The second kappa shape index (κ2) is 8.51. The van der Waals surface area contributed by atoms with Gasteiger partial charge in [0.05, 0.1) is 13.2 Å². The number of halogens is 2. The molecule has 130 valence electrons. The highest BCUT2D eigenvalue weighted by Gasteiger charge is 2.23. The lowest BCUT2D eigenvalue weighted by Crippen LogP contribution is -2.20. The summed E-state index contributed by atoms with van der Waals surface area (Å²) in [4.78, 5) is 0. The van der Waals surface area contributed by atoms with Gasteiger partial charge in [-0.05, 0) is 50.2 Å². The number of rotatable bonds is 7. The fraction of sp³-hybridized carbons (Fsp3) is 0.684. The van der Waals surface area contributed by atoms with Gasteiger partial charge in [0.25, 0.3) is 0 Å². The third kappa shape index (κ3) is 4.58. The summed E-state index contributed by atoms with van der Waals surface area (Å²) < 4.78 is 38.9. The molecular weight excluding hydrogens is 298 g/mol. The number of aryl methyl sites for hydroxylation is 1. The summed E-state index contributed by atoms with van der Waals surface area (Å²) in [5, 5.41) is 0. The van der Waals surface area contributed by atoms with Crippen molar-refractivity contribution in [1.29, 1.82) is 0 Å². The molecule has 1 aliphatic carbocycles. The standard InChI is InChI=1S/C19H28F2O2/c1-4-6-14-7-9-15(10-8-14)12-23-19-13(3)11-16(22-5-2)17(20)18(19)21/h11,14-15H,4-10,12H2,1-3H3. The van der Waals surface area contributed by atoms with Crippen LogP contribution in [0.5, 0.6) is 11.5 Å². The monoisotopic (exact) mass is 326 g/mol. The molecule has 0 aromatic heterocycles. The highest BCUT2D eigenvalue weighted by molar-refractivity contribution is 5.42. The van der Waals surface area contributed by atoms with Crippen LogP contribution in [-0.4, -0.2) is 13.2 Å². The Labute approximate surface area is 138 Å². The van der Waals surface area contributed by atoms with Crippen molar-refractivity contribution in [3.8, 4) is 11.5 Å². The largest absolute Gasteiger partial charge is 0.491 e. The van der Waals surface area contributed by atoms with E-state index in [9.17, 15) is 8.78 Å². The Morgan fingerprint density at radius 2 is 1.65 bits per heavy atom. The Kier molecular flexibility index (Phi) is 6.67. The molecule has 1 aromatic carbocycles. The third-order valence-corrected chi connectivity index (χ3v) is 4.74. The molecule has 0 heterocycles. The van der Waals surface area contributed by atoms with Crippen molar-refractivity contribution in [3.05, 3.63) is 23.3 Å². The molecule has 23 heavy (non-hydrogen) atoms. The summed E-state index contributed by atoms with van der Waals surface area (Å²) in [6, 6.07) is 1.51. The molecule has 1 aliphatic rings. The van der Waals surface area contributed by atoms with E-state index in [0.29, 0.717) is 24.7 Å². The van der Waals surface area contributed by atoms with Gasteiger partial charge < -0.3 is 9.47 Å². The van der Waals surface area contributed by atoms with Crippen LogP contribution in [0.3, 0.4) is 0 Å². The van der Waals surface area contributed by atoms with Gasteiger partial charge in [0.2, 0.25) is 11.6 Å². The molecule has 1 aromatic rings. The molecule has 0 aliphatic heterocycles.